The molecular weight excluding hydrogens is 334 g/mol. The Labute approximate surface area is 153 Å². The molecule has 0 saturated heterocycles. The van der Waals surface area contributed by atoms with Gasteiger partial charge in [0.25, 0.3) is 5.91 Å². The molecule has 6 heteroatoms. The van der Waals surface area contributed by atoms with Crippen LogP contribution in [0, 0.1) is 0 Å². The van der Waals surface area contributed by atoms with E-state index >= 15 is 0 Å². The Morgan fingerprint density at radius 3 is 2.38 bits per heavy atom. The highest BCUT2D eigenvalue weighted by Gasteiger charge is 2.18. The van der Waals surface area contributed by atoms with Gasteiger partial charge in [-0.3, -0.25) is 4.79 Å². The van der Waals surface area contributed by atoms with Crippen LogP contribution in [-0.4, -0.2) is 38.2 Å². The average Bonchev–Trinajstić information content (AvgIpc) is 2.67. The van der Waals surface area contributed by atoms with E-state index in [1.807, 2.05) is 30.3 Å². The van der Waals surface area contributed by atoms with E-state index in [1.165, 1.54) is 6.92 Å². The minimum Gasteiger partial charge on any atom is -0.489 e. The van der Waals surface area contributed by atoms with Crippen molar-refractivity contribution in [3.63, 3.8) is 0 Å². The zero-order valence-corrected chi connectivity index (χ0v) is 14.9. The minimum absolute atomic E-state index is 0.355. The van der Waals surface area contributed by atoms with E-state index in [-0.39, 0.29) is 5.91 Å². The number of carbonyl (C=O) groups excluding carboxylic acids is 2. The van der Waals surface area contributed by atoms with Crippen LogP contribution < -0.4 is 10.1 Å². The second-order valence-corrected chi connectivity index (χ2v) is 5.63. The molecule has 0 heterocycles. The van der Waals surface area contributed by atoms with Crippen molar-refractivity contribution in [1.82, 2.24) is 5.32 Å². The fourth-order valence-corrected chi connectivity index (χ4v) is 2.13. The number of hydrogen-bond donors (Lipinski definition) is 1. The first-order valence-electron chi connectivity index (χ1n) is 8.34. The summed E-state index contributed by atoms with van der Waals surface area (Å²) in [4.78, 5) is 23.9. The first-order chi connectivity index (χ1) is 12.6. The maximum atomic E-state index is 12.1. The first kappa shape index (κ1) is 19.5. The molecule has 1 N–H and O–H groups in total. The quantitative estimate of drug-likeness (QED) is 0.551. The van der Waals surface area contributed by atoms with E-state index in [1.54, 1.807) is 31.4 Å². The van der Waals surface area contributed by atoms with Crippen LogP contribution in [0.2, 0.25) is 0 Å². The molecule has 0 bridgehead atoms. The highest BCUT2D eigenvalue weighted by Crippen LogP contribution is 2.15. The summed E-state index contributed by atoms with van der Waals surface area (Å²) in [6.07, 6.45) is -0.881. The average molecular weight is 357 g/mol. The number of carbonyl (C=O) groups is 2. The predicted octanol–water partition coefficient (Wildman–Crippen LogP) is 2.57. The van der Waals surface area contributed by atoms with Gasteiger partial charge in [0.1, 0.15) is 12.4 Å². The summed E-state index contributed by atoms with van der Waals surface area (Å²) in [5.41, 5.74) is 1.41. The molecular formula is C20H23NO5. The van der Waals surface area contributed by atoms with E-state index < -0.39 is 12.1 Å². The number of ether oxygens (including phenoxy) is 3. The number of amides is 1. The molecule has 2 rings (SSSR count). The number of esters is 1. The third kappa shape index (κ3) is 6.22. The molecule has 2 aromatic rings. The van der Waals surface area contributed by atoms with Gasteiger partial charge < -0.3 is 19.5 Å². The molecule has 1 atom stereocenters. The van der Waals surface area contributed by atoms with Crippen molar-refractivity contribution in [3.8, 4) is 5.75 Å². The highest BCUT2D eigenvalue weighted by atomic mass is 16.5. The molecule has 138 valence electrons. The predicted molar refractivity (Wildman–Crippen MR) is 97.0 cm³/mol. The Balaban J connectivity index is 1.83. The van der Waals surface area contributed by atoms with Gasteiger partial charge in [0.15, 0.2) is 6.10 Å². The van der Waals surface area contributed by atoms with Crippen molar-refractivity contribution < 1.29 is 23.8 Å². The molecule has 0 aliphatic rings. The Bertz CT molecular complexity index is 700. The molecule has 0 unspecified atom stereocenters. The molecule has 0 spiro atoms. The topological polar surface area (TPSA) is 73.9 Å². The SMILES string of the molecule is COCCNC(=O)[C@H](C)OC(=O)c1ccc(OCc2ccccc2)cc1. The fourth-order valence-electron chi connectivity index (χ4n) is 2.13. The molecule has 26 heavy (non-hydrogen) atoms. The van der Waals surface area contributed by atoms with Crippen LogP contribution in [0.25, 0.3) is 0 Å². The number of hydrogen-bond acceptors (Lipinski definition) is 5. The molecule has 0 radical (unpaired) electrons. The van der Waals surface area contributed by atoms with E-state index in [4.69, 9.17) is 14.2 Å². The number of rotatable bonds is 9. The van der Waals surface area contributed by atoms with Crippen molar-refractivity contribution in [2.24, 2.45) is 0 Å². The number of benzene rings is 2. The van der Waals surface area contributed by atoms with E-state index in [9.17, 15) is 9.59 Å². The largest absolute Gasteiger partial charge is 0.489 e. The molecule has 0 fully saturated rings. The summed E-state index contributed by atoms with van der Waals surface area (Å²) >= 11 is 0. The third-order valence-electron chi connectivity index (χ3n) is 3.60. The summed E-state index contributed by atoms with van der Waals surface area (Å²) in [7, 11) is 1.54. The lowest BCUT2D eigenvalue weighted by atomic mass is 10.2. The van der Waals surface area contributed by atoms with Crippen LogP contribution in [0.5, 0.6) is 5.75 Å². The fraction of sp³-hybridized carbons (Fsp3) is 0.300. The van der Waals surface area contributed by atoms with Gasteiger partial charge >= 0.3 is 5.97 Å². The van der Waals surface area contributed by atoms with Crippen LogP contribution in [0.1, 0.15) is 22.8 Å². The number of methoxy groups -OCH3 is 1. The van der Waals surface area contributed by atoms with Gasteiger partial charge in [0, 0.05) is 13.7 Å². The maximum absolute atomic E-state index is 12.1. The third-order valence-corrected chi connectivity index (χ3v) is 3.60. The summed E-state index contributed by atoms with van der Waals surface area (Å²) in [6.45, 7) is 2.74. The normalized spacial score (nSPS) is 11.5. The molecule has 0 aliphatic carbocycles. The first-order valence-corrected chi connectivity index (χ1v) is 8.34. The van der Waals surface area contributed by atoms with Gasteiger partial charge in [0.2, 0.25) is 0 Å². The molecule has 0 aliphatic heterocycles. The van der Waals surface area contributed by atoms with E-state index in [2.05, 4.69) is 5.32 Å². The van der Waals surface area contributed by atoms with Crippen molar-refractivity contribution in [2.75, 3.05) is 20.3 Å². The van der Waals surface area contributed by atoms with Crippen molar-refractivity contribution in [2.45, 2.75) is 19.6 Å². The number of nitrogens with one attached hydrogen (secondary N) is 1. The van der Waals surface area contributed by atoms with Gasteiger partial charge in [-0.1, -0.05) is 30.3 Å². The lowest BCUT2D eigenvalue weighted by Gasteiger charge is -2.13. The summed E-state index contributed by atoms with van der Waals surface area (Å²) in [5, 5.41) is 2.62. The van der Waals surface area contributed by atoms with Crippen molar-refractivity contribution >= 4 is 11.9 Å². The second kappa shape index (κ2) is 10.2. The molecule has 2 aromatic carbocycles. The lowest BCUT2D eigenvalue weighted by Crippen LogP contribution is -2.37. The van der Waals surface area contributed by atoms with Crippen LogP contribution in [-0.2, 0) is 20.9 Å². The molecule has 0 saturated carbocycles. The Morgan fingerprint density at radius 1 is 1.04 bits per heavy atom. The molecule has 0 aromatic heterocycles. The lowest BCUT2D eigenvalue weighted by molar-refractivity contribution is -0.129. The smallest absolute Gasteiger partial charge is 0.338 e. The van der Waals surface area contributed by atoms with E-state index in [0.29, 0.717) is 31.1 Å². The van der Waals surface area contributed by atoms with Gasteiger partial charge in [-0.25, -0.2) is 4.79 Å². The summed E-state index contributed by atoms with van der Waals surface area (Å²) < 4.78 is 15.7. The summed E-state index contributed by atoms with van der Waals surface area (Å²) in [5.74, 6) is -0.275. The van der Waals surface area contributed by atoms with Crippen molar-refractivity contribution in [3.05, 3.63) is 65.7 Å². The zero-order valence-electron chi connectivity index (χ0n) is 14.9. The molecule has 1 amide bonds. The Hall–Kier alpha value is -2.86. The highest BCUT2D eigenvalue weighted by molar-refractivity contribution is 5.92. The van der Waals surface area contributed by atoms with Crippen LogP contribution in [0.4, 0.5) is 0 Å². The van der Waals surface area contributed by atoms with Gasteiger partial charge in [0.05, 0.1) is 12.2 Å². The molecule has 6 nitrogen and oxygen atoms in total. The van der Waals surface area contributed by atoms with Crippen molar-refractivity contribution in [1.29, 1.82) is 0 Å². The minimum atomic E-state index is -0.881. The van der Waals surface area contributed by atoms with Crippen LogP contribution in [0.3, 0.4) is 0 Å². The monoisotopic (exact) mass is 357 g/mol. The maximum Gasteiger partial charge on any atom is 0.338 e. The van der Waals surface area contributed by atoms with Gasteiger partial charge in [-0.15, -0.1) is 0 Å². The van der Waals surface area contributed by atoms with Crippen LogP contribution in [0.15, 0.2) is 54.6 Å². The Kier molecular flexibility index (Phi) is 7.64. The van der Waals surface area contributed by atoms with Gasteiger partial charge in [-0.05, 0) is 36.8 Å². The summed E-state index contributed by atoms with van der Waals surface area (Å²) in [6, 6.07) is 16.4. The second-order valence-electron chi connectivity index (χ2n) is 5.63. The Morgan fingerprint density at radius 2 is 1.73 bits per heavy atom. The van der Waals surface area contributed by atoms with Crippen LogP contribution >= 0.6 is 0 Å². The van der Waals surface area contributed by atoms with Gasteiger partial charge in [-0.2, -0.15) is 0 Å². The zero-order chi connectivity index (χ0) is 18.8. The standard InChI is InChI=1S/C20H23NO5/c1-15(19(22)21-12-13-24-2)26-20(23)17-8-10-18(11-9-17)25-14-16-6-4-3-5-7-16/h3-11,15H,12-14H2,1-2H3,(H,21,22)/t15-/m0/s1. The van der Waals surface area contributed by atoms with E-state index in [0.717, 1.165) is 5.56 Å².